The first-order valence-electron chi connectivity index (χ1n) is 7.46. The third-order valence-corrected chi connectivity index (χ3v) is 4.54. The van der Waals surface area contributed by atoms with Gasteiger partial charge in [-0.15, -0.1) is 0 Å². The van der Waals surface area contributed by atoms with Gasteiger partial charge in [-0.05, 0) is 18.8 Å². The van der Waals surface area contributed by atoms with Gasteiger partial charge in [0.25, 0.3) is 0 Å². The minimum absolute atomic E-state index is 0.0455. The maximum absolute atomic E-state index is 12.6. The number of aliphatic carboxylic acids is 1. The molecule has 3 amide bonds. The number of urea groups is 1. The summed E-state index contributed by atoms with van der Waals surface area (Å²) in [5.74, 6) is -2.02. The third-order valence-electron chi connectivity index (χ3n) is 4.54. The van der Waals surface area contributed by atoms with Crippen molar-refractivity contribution in [3.8, 4) is 0 Å². The van der Waals surface area contributed by atoms with Crippen molar-refractivity contribution in [2.24, 2.45) is 17.6 Å². The Morgan fingerprint density at radius 2 is 1.86 bits per heavy atom. The molecule has 1 heterocycles. The Hall–Kier alpha value is -1.79. The molecule has 0 unspecified atom stereocenters. The molecule has 2 aliphatic rings. The maximum atomic E-state index is 12.6. The number of hydrogen-bond acceptors (Lipinski definition) is 3. The molecule has 0 aromatic heterocycles. The Kier molecular flexibility index (Phi) is 4.69. The Balaban J connectivity index is 2.07. The minimum atomic E-state index is -0.875. The van der Waals surface area contributed by atoms with E-state index in [0.717, 1.165) is 25.7 Å². The summed E-state index contributed by atoms with van der Waals surface area (Å²) in [5.41, 5.74) is 5.25. The number of primary amides is 1. The molecule has 7 nitrogen and oxygen atoms in total. The average molecular weight is 297 g/mol. The topological polar surface area (TPSA) is 104 Å². The lowest BCUT2D eigenvalue weighted by molar-refractivity contribution is -0.142. The first-order chi connectivity index (χ1) is 9.90. The van der Waals surface area contributed by atoms with Gasteiger partial charge in [0.05, 0.1) is 5.92 Å². The molecular formula is C14H23N3O4. The van der Waals surface area contributed by atoms with Crippen LogP contribution in [-0.2, 0) is 9.59 Å². The van der Waals surface area contributed by atoms with Crippen LogP contribution in [0.5, 0.6) is 0 Å². The van der Waals surface area contributed by atoms with Crippen molar-refractivity contribution >= 4 is 17.9 Å². The molecule has 2 atom stereocenters. The zero-order chi connectivity index (χ0) is 15.6. The summed E-state index contributed by atoms with van der Waals surface area (Å²) in [6, 6.07) is -0.208. The second-order valence-corrected chi connectivity index (χ2v) is 6.14. The molecule has 1 saturated carbocycles. The Bertz CT molecular complexity index is 434. The predicted octanol–water partition coefficient (Wildman–Crippen LogP) is 0.489. The second kappa shape index (κ2) is 6.32. The molecule has 0 spiro atoms. The van der Waals surface area contributed by atoms with E-state index in [4.69, 9.17) is 10.8 Å². The van der Waals surface area contributed by atoms with E-state index in [9.17, 15) is 14.4 Å². The highest BCUT2D eigenvalue weighted by molar-refractivity contribution is 5.84. The lowest BCUT2D eigenvalue weighted by Crippen LogP contribution is -2.50. The molecule has 1 aliphatic carbocycles. The third kappa shape index (κ3) is 3.46. The monoisotopic (exact) mass is 297 g/mol. The van der Waals surface area contributed by atoms with Gasteiger partial charge in [0.15, 0.2) is 0 Å². The summed E-state index contributed by atoms with van der Waals surface area (Å²) < 4.78 is 0. The molecule has 0 aromatic rings. The lowest BCUT2D eigenvalue weighted by atomic mass is 9.99. The van der Waals surface area contributed by atoms with Crippen LogP contribution < -0.4 is 5.73 Å². The fourth-order valence-electron chi connectivity index (χ4n) is 3.36. The van der Waals surface area contributed by atoms with Crippen LogP contribution in [0.2, 0.25) is 0 Å². The Morgan fingerprint density at radius 1 is 1.24 bits per heavy atom. The number of carboxylic acids is 1. The van der Waals surface area contributed by atoms with E-state index < -0.39 is 17.8 Å². The first kappa shape index (κ1) is 15.6. The number of nitrogens with two attached hydrogens (primary N) is 1. The zero-order valence-electron chi connectivity index (χ0n) is 12.3. The number of carbonyl (C=O) groups excluding carboxylic acids is 2. The highest BCUT2D eigenvalue weighted by Gasteiger charge is 2.40. The smallest absolute Gasteiger partial charge is 0.320 e. The highest BCUT2D eigenvalue weighted by atomic mass is 16.4. The van der Waals surface area contributed by atoms with Gasteiger partial charge in [-0.1, -0.05) is 19.8 Å². The number of amides is 3. The van der Waals surface area contributed by atoms with Crippen LogP contribution in [-0.4, -0.2) is 58.5 Å². The molecule has 21 heavy (non-hydrogen) atoms. The molecule has 2 fully saturated rings. The van der Waals surface area contributed by atoms with E-state index in [1.165, 1.54) is 4.90 Å². The first-order valence-corrected chi connectivity index (χ1v) is 7.46. The van der Waals surface area contributed by atoms with Crippen LogP contribution in [0.15, 0.2) is 0 Å². The van der Waals surface area contributed by atoms with Crippen LogP contribution in [0.1, 0.15) is 32.6 Å². The molecule has 1 saturated heterocycles. The fourth-order valence-corrected chi connectivity index (χ4v) is 3.36. The molecule has 1 aliphatic heterocycles. The van der Waals surface area contributed by atoms with Crippen LogP contribution in [0, 0.1) is 11.8 Å². The van der Waals surface area contributed by atoms with Gasteiger partial charge < -0.3 is 20.6 Å². The van der Waals surface area contributed by atoms with E-state index in [-0.39, 0.29) is 31.1 Å². The SMILES string of the molecule is C[C@@H]1CN(C(=O)N(CC(N)=O)C2CCCC2)C[C@H]1C(=O)O. The number of likely N-dealkylation sites (tertiary alicyclic amines) is 1. The molecule has 0 aromatic carbocycles. The molecule has 0 bridgehead atoms. The Labute approximate surface area is 124 Å². The van der Waals surface area contributed by atoms with Crippen molar-refractivity contribution in [2.45, 2.75) is 38.6 Å². The van der Waals surface area contributed by atoms with E-state index in [2.05, 4.69) is 0 Å². The number of carboxylic acid groups (broad SMARTS) is 1. The van der Waals surface area contributed by atoms with Crippen molar-refractivity contribution in [2.75, 3.05) is 19.6 Å². The lowest BCUT2D eigenvalue weighted by Gasteiger charge is -2.32. The van der Waals surface area contributed by atoms with Crippen LogP contribution >= 0.6 is 0 Å². The second-order valence-electron chi connectivity index (χ2n) is 6.14. The van der Waals surface area contributed by atoms with Crippen molar-refractivity contribution in [3.63, 3.8) is 0 Å². The normalized spacial score (nSPS) is 26.0. The van der Waals surface area contributed by atoms with E-state index >= 15 is 0 Å². The van der Waals surface area contributed by atoms with E-state index in [1.807, 2.05) is 6.92 Å². The van der Waals surface area contributed by atoms with Gasteiger partial charge in [-0.25, -0.2) is 4.79 Å². The number of carbonyl (C=O) groups is 3. The molecule has 2 rings (SSSR count). The van der Waals surface area contributed by atoms with Gasteiger partial charge in [-0.2, -0.15) is 0 Å². The summed E-state index contributed by atoms with van der Waals surface area (Å²) >= 11 is 0. The van der Waals surface area contributed by atoms with Crippen molar-refractivity contribution in [3.05, 3.63) is 0 Å². The predicted molar refractivity (Wildman–Crippen MR) is 75.4 cm³/mol. The summed E-state index contributed by atoms with van der Waals surface area (Å²) in [6.45, 7) is 2.36. The molecular weight excluding hydrogens is 274 g/mol. The number of rotatable bonds is 4. The summed E-state index contributed by atoms with van der Waals surface area (Å²) in [4.78, 5) is 38.1. The van der Waals surface area contributed by atoms with Crippen molar-refractivity contribution < 1.29 is 19.5 Å². The van der Waals surface area contributed by atoms with Gasteiger partial charge in [-0.3, -0.25) is 9.59 Å². The molecule has 3 N–H and O–H groups in total. The molecule has 118 valence electrons. The average Bonchev–Trinajstić information content (AvgIpc) is 3.03. The van der Waals surface area contributed by atoms with Gasteiger partial charge in [0.1, 0.15) is 6.54 Å². The van der Waals surface area contributed by atoms with Crippen LogP contribution in [0.3, 0.4) is 0 Å². The van der Waals surface area contributed by atoms with Crippen molar-refractivity contribution in [1.29, 1.82) is 0 Å². The largest absolute Gasteiger partial charge is 0.481 e. The summed E-state index contributed by atoms with van der Waals surface area (Å²) in [6.07, 6.45) is 3.85. The minimum Gasteiger partial charge on any atom is -0.481 e. The molecule has 0 radical (unpaired) electrons. The van der Waals surface area contributed by atoms with E-state index in [1.54, 1.807) is 4.90 Å². The quantitative estimate of drug-likeness (QED) is 0.788. The van der Waals surface area contributed by atoms with Gasteiger partial charge >= 0.3 is 12.0 Å². The highest BCUT2D eigenvalue weighted by Crippen LogP contribution is 2.28. The summed E-state index contributed by atoms with van der Waals surface area (Å²) in [5, 5.41) is 9.15. The number of hydrogen-bond donors (Lipinski definition) is 2. The Morgan fingerprint density at radius 3 is 2.33 bits per heavy atom. The fraction of sp³-hybridized carbons (Fsp3) is 0.786. The standard InChI is InChI=1S/C14H23N3O4/c1-9-6-16(7-11(9)13(19)20)14(21)17(8-12(15)18)10-4-2-3-5-10/h9-11H,2-8H2,1H3,(H2,15,18)(H,19,20)/t9-,11-/m1/s1. The van der Waals surface area contributed by atoms with Gasteiger partial charge in [0, 0.05) is 19.1 Å². The number of nitrogens with zero attached hydrogens (tertiary/aromatic N) is 2. The van der Waals surface area contributed by atoms with Crippen LogP contribution in [0.4, 0.5) is 4.79 Å². The maximum Gasteiger partial charge on any atom is 0.320 e. The van der Waals surface area contributed by atoms with Crippen LogP contribution in [0.25, 0.3) is 0 Å². The van der Waals surface area contributed by atoms with Gasteiger partial charge in [0.2, 0.25) is 5.91 Å². The zero-order valence-corrected chi connectivity index (χ0v) is 12.3. The van der Waals surface area contributed by atoms with E-state index in [0.29, 0.717) is 6.54 Å². The van der Waals surface area contributed by atoms with Crippen molar-refractivity contribution in [1.82, 2.24) is 9.80 Å². The summed E-state index contributed by atoms with van der Waals surface area (Å²) in [7, 11) is 0. The molecule has 7 heteroatoms.